The summed E-state index contributed by atoms with van der Waals surface area (Å²) < 4.78 is 34.9. The maximum Gasteiger partial charge on any atom is 0.234 e. The van der Waals surface area contributed by atoms with Gasteiger partial charge in [-0.25, -0.2) is 0 Å². The lowest BCUT2D eigenvalue weighted by Gasteiger charge is -2.23. The number of carbonyl (C=O) groups excluding carboxylic acids is 1. The van der Waals surface area contributed by atoms with Crippen LogP contribution in [0.15, 0.2) is 54.6 Å². The fourth-order valence-corrected chi connectivity index (χ4v) is 5.62. The van der Waals surface area contributed by atoms with Crippen LogP contribution in [0, 0.1) is 0 Å². The largest absolute Gasteiger partial charge is 0.493 e. The maximum atomic E-state index is 13.2. The van der Waals surface area contributed by atoms with Crippen LogP contribution in [-0.4, -0.2) is 75.5 Å². The van der Waals surface area contributed by atoms with Gasteiger partial charge in [-0.05, 0) is 60.1 Å². The first-order valence-electron chi connectivity index (χ1n) is 13.7. The number of carbonyl (C=O) groups is 1. The molecule has 1 saturated heterocycles. The van der Waals surface area contributed by atoms with Gasteiger partial charge >= 0.3 is 0 Å². The summed E-state index contributed by atoms with van der Waals surface area (Å²) in [6, 6.07) is 17.5. The van der Waals surface area contributed by atoms with Crippen molar-refractivity contribution in [2.45, 2.75) is 31.8 Å². The minimum absolute atomic E-state index is 0.0447. The second-order valence-electron chi connectivity index (χ2n) is 10.7. The summed E-state index contributed by atoms with van der Waals surface area (Å²) in [4.78, 5) is 17.4. The molecule has 0 radical (unpaired) electrons. The van der Waals surface area contributed by atoms with E-state index in [2.05, 4.69) is 10.2 Å². The lowest BCUT2D eigenvalue weighted by molar-refractivity contribution is -0.123. The minimum Gasteiger partial charge on any atom is -0.493 e. The summed E-state index contributed by atoms with van der Waals surface area (Å²) >= 11 is 0. The van der Waals surface area contributed by atoms with Crippen molar-refractivity contribution in [1.82, 2.24) is 15.1 Å². The first kappa shape index (κ1) is 27.2. The summed E-state index contributed by atoms with van der Waals surface area (Å²) in [5, 5.41) is 3.24. The highest BCUT2D eigenvalue weighted by Crippen LogP contribution is 2.42. The molecule has 1 N–H and O–H groups in total. The number of benzene rings is 3. The van der Waals surface area contributed by atoms with Crippen LogP contribution in [0.5, 0.6) is 34.5 Å². The molecule has 2 atom stereocenters. The Kier molecular flexibility index (Phi) is 7.86. The van der Waals surface area contributed by atoms with E-state index in [0.29, 0.717) is 67.3 Å². The van der Waals surface area contributed by atoms with Crippen LogP contribution in [0.4, 0.5) is 0 Å². The van der Waals surface area contributed by atoms with E-state index >= 15 is 0 Å². The molecule has 3 aliphatic heterocycles. The van der Waals surface area contributed by atoms with Gasteiger partial charge in [-0.2, -0.15) is 0 Å². The van der Waals surface area contributed by atoms with Crippen LogP contribution in [-0.2, 0) is 29.2 Å². The Balaban J connectivity index is 1.23. The molecular weight excluding hydrogens is 526 g/mol. The predicted molar refractivity (Wildman–Crippen MR) is 151 cm³/mol. The smallest absolute Gasteiger partial charge is 0.234 e. The topological polar surface area (TPSA) is 91.0 Å². The van der Waals surface area contributed by atoms with Crippen LogP contribution >= 0.6 is 0 Å². The van der Waals surface area contributed by atoms with Crippen molar-refractivity contribution in [2.75, 3.05) is 47.7 Å². The van der Waals surface area contributed by atoms with E-state index in [4.69, 9.17) is 28.4 Å². The molecule has 3 heterocycles. The third-order valence-corrected chi connectivity index (χ3v) is 7.50. The van der Waals surface area contributed by atoms with Gasteiger partial charge in [-0.15, -0.1) is 0 Å². The standard InChI is InChI=1S/C31H35N3O7/c1-33-13-20-7-8-25(36-2)26(10-20)41-23-6-4-5-21(9-23)18-38-29-16-34(15-24(29)32-30(35)17-33)14-22-11-27(37-3)31-28(12-22)39-19-40-31/h4-12,24,29H,13-19H2,1-3H3,(H,32,35)/t24-,29-/m0/s1. The zero-order chi connectivity index (χ0) is 28.3. The quantitative estimate of drug-likeness (QED) is 0.514. The van der Waals surface area contributed by atoms with Crippen molar-refractivity contribution in [2.24, 2.45) is 0 Å². The summed E-state index contributed by atoms with van der Waals surface area (Å²) in [7, 11) is 5.18. The number of rotatable bonds is 4. The maximum absolute atomic E-state index is 13.2. The molecule has 4 bridgehead atoms. The normalized spacial score (nSPS) is 21.1. The highest BCUT2D eigenvalue weighted by molar-refractivity contribution is 5.78. The molecule has 0 spiro atoms. The van der Waals surface area contributed by atoms with Crippen molar-refractivity contribution < 1.29 is 33.2 Å². The fourth-order valence-electron chi connectivity index (χ4n) is 5.62. The first-order chi connectivity index (χ1) is 20.0. The van der Waals surface area contributed by atoms with Gasteiger partial charge in [-0.3, -0.25) is 14.6 Å². The van der Waals surface area contributed by atoms with Gasteiger partial charge < -0.3 is 33.7 Å². The third-order valence-electron chi connectivity index (χ3n) is 7.50. The molecular formula is C31H35N3O7. The number of fused-ring (bicyclic) bond motifs is 6. The van der Waals surface area contributed by atoms with Crippen molar-refractivity contribution in [3.63, 3.8) is 0 Å². The van der Waals surface area contributed by atoms with Gasteiger partial charge in [0.1, 0.15) is 5.75 Å². The Bertz CT molecular complexity index is 1410. The highest BCUT2D eigenvalue weighted by Gasteiger charge is 2.35. The van der Waals surface area contributed by atoms with E-state index in [9.17, 15) is 4.79 Å². The predicted octanol–water partition coefficient (Wildman–Crippen LogP) is 3.56. The van der Waals surface area contributed by atoms with Crippen LogP contribution in [0.3, 0.4) is 0 Å². The molecule has 3 aromatic rings. The fraction of sp³-hybridized carbons (Fsp3) is 0.387. The van der Waals surface area contributed by atoms with Crippen LogP contribution in [0.1, 0.15) is 16.7 Å². The number of ether oxygens (including phenoxy) is 6. The molecule has 0 aliphatic carbocycles. The highest BCUT2D eigenvalue weighted by atomic mass is 16.7. The zero-order valence-electron chi connectivity index (χ0n) is 23.6. The van der Waals surface area contributed by atoms with Crippen LogP contribution in [0.2, 0.25) is 0 Å². The zero-order valence-corrected chi connectivity index (χ0v) is 23.6. The molecule has 216 valence electrons. The van der Waals surface area contributed by atoms with Gasteiger partial charge in [-0.1, -0.05) is 18.2 Å². The number of hydrogen-bond acceptors (Lipinski definition) is 9. The average molecular weight is 562 g/mol. The first-order valence-corrected chi connectivity index (χ1v) is 13.7. The molecule has 10 nitrogen and oxygen atoms in total. The molecule has 0 aromatic heterocycles. The Morgan fingerprint density at radius 1 is 0.927 bits per heavy atom. The Labute approximate surface area is 239 Å². The number of hydrogen-bond donors (Lipinski definition) is 1. The Morgan fingerprint density at radius 2 is 1.80 bits per heavy atom. The molecule has 0 saturated carbocycles. The van der Waals surface area contributed by atoms with E-state index in [0.717, 1.165) is 16.7 Å². The van der Waals surface area contributed by atoms with E-state index in [1.165, 1.54) is 0 Å². The van der Waals surface area contributed by atoms with Crippen molar-refractivity contribution in [3.8, 4) is 34.5 Å². The SMILES string of the molecule is COc1ccc2cc1Oc1cccc(c1)CO[C@H]1CN(Cc3cc(OC)c4c(c3)OCO4)C[C@@H]1NC(=O)CN(C)C2. The second-order valence-corrected chi connectivity index (χ2v) is 10.7. The molecule has 1 amide bonds. The number of likely N-dealkylation sites (N-methyl/N-ethyl adjacent to an activating group) is 1. The number of methoxy groups -OCH3 is 2. The Hall–Kier alpha value is -3.99. The average Bonchev–Trinajstić information content (AvgIpc) is 3.58. The molecule has 1 fully saturated rings. The van der Waals surface area contributed by atoms with Gasteiger partial charge in [0.05, 0.1) is 39.5 Å². The second kappa shape index (κ2) is 11.9. The minimum atomic E-state index is -0.189. The number of amides is 1. The molecule has 3 aliphatic rings. The molecule has 10 heteroatoms. The lowest BCUT2D eigenvalue weighted by atomic mass is 10.1. The molecule has 3 aromatic carbocycles. The van der Waals surface area contributed by atoms with Gasteiger partial charge in [0.15, 0.2) is 23.0 Å². The molecule has 41 heavy (non-hydrogen) atoms. The summed E-state index contributed by atoms with van der Waals surface area (Å²) in [5.41, 5.74) is 3.04. The van der Waals surface area contributed by atoms with Crippen molar-refractivity contribution >= 4 is 5.91 Å². The summed E-state index contributed by atoms with van der Waals surface area (Å²) in [6.45, 7) is 3.37. The van der Waals surface area contributed by atoms with Gasteiger partial charge in [0.2, 0.25) is 18.4 Å². The Morgan fingerprint density at radius 3 is 2.66 bits per heavy atom. The van der Waals surface area contributed by atoms with E-state index in [-0.39, 0.29) is 31.4 Å². The van der Waals surface area contributed by atoms with Crippen LogP contribution in [0.25, 0.3) is 0 Å². The number of nitrogens with one attached hydrogen (secondary N) is 1. The van der Waals surface area contributed by atoms with E-state index < -0.39 is 0 Å². The van der Waals surface area contributed by atoms with Crippen LogP contribution < -0.4 is 29.0 Å². The molecule has 6 rings (SSSR count). The lowest BCUT2D eigenvalue weighted by Crippen LogP contribution is -2.47. The van der Waals surface area contributed by atoms with Crippen molar-refractivity contribution in [3.05, 3.63) is 71.3 Å². The summed E-state index contributed by atoms with van der Waals surface area (Å²) in [6.07, 6.45) is -0.189. The molecule has 0 unspecified atom stereocenters. The van der Waals surface area contributed by atoms with Gasteiger partial charge in [0, 0.05) is 26.2 Å². The van der Waals surface area contributed by atoms with Gasteiger partial charge in [0.25, 0.3) is 0 Å². The van der Waals surface area contributed by atoms with Crippen molar-refractivity contribution in [1.29, 1.82) is 0 Å². The third kappa shape index (κ3) is 6.19. The van der Waals surface area contributed by atoms with E-state index in [1.54, 1.807) is 14.2 Å². The number of nitrogens with zero attached hydrogens (tertiary/aromatic N) is 2. The monoisotopic (exact) mass is 561 g/mol. The van der Waals surface area contributed by atoms with E-state index in [1.807, 2.05) is 66.5 Å². The number of likely N-dealkylation sites (tertiary alicyclic amines) is 1. The summed E-state index contributed by atoms with van der Waals surface area (Å²) in [5.74, 6) is 3.89.